The van der Waals surface area contributed by atoms with Gasteiger partial charge in [0.1, 0.15) is 0 Å². The van der Waals surface area contributed by atoms with E-state index in [2.05, 4.69) is 50.1 Å². The molecule has 0 aliphatic rings. The second-order valence-electron chi connectivity index (χ2n) is 3.43. The number of hydrogen-bond acceptors (Lipinski definition) is 1. The molecule has 0 aliphatic heterocycles. The number of benzene rings is 1. The summed E-state index contributed by atoms with van der Waals surface area (Å²) < 4.78 is 2.17. The summed E-state index contributed by atoms with van der Waals surface area (Å²) in [6, 6.07) is 12.4. The van der Waals surface area contributed by atoms with E-state index in [-0.39, 0.29) is 5.38 Å². The average Bonchev–Trinajstić information content (AvgIpc) is 2.61. The molecule has 0 bridgehead atoms. The SMILES string of the molecule is ClC(Cc1ccccc1)c1cc(Br)c(Br)s1. The number of alkyl halides is 1. The monoisotopic (exact) mass is 378 g/mol. The van der Waals surface area contributed by atoms with E-state index in [9.17, 15) is 0 Å². The van der Waals surface area contributed by atoms with Crippen LogP contribution in [0.2, 0.25) is 0 Å². The van der Waals surface area contributed by atoms with Crippen molar-refractivity contribution in [1.29, 1.82) is 0 Å². The predicted octanol–water partition coefficient (Wildman–Crippen LogP) is 5.80. The van der Waals surface area contributed by atoms with Crippen LogP contribution in [0.3, 0.4) is 0 Å². The van der Waals surface area contributed by atoms with Crippen LogP contribution in [0.15, 0.2) is 44.7 Å². The third kappa shape index (κ3) is 3.10. The normalized spacial score (nSPS) is 12.7. The maximum atomic E-state index is 6.39. The zero-order chi connectivity index (χ0) is 11.5. The molecule has 1 aromatic heterocycles. The van der Waals surface area contributed by atoms with Gasteiger partial charge in [-0.15, -0.1) is 22.9 Å². The molecule has 0 nitrogen and oxygen atoms in total. The Morgan fingerprint density at radius 1 is 1.19 bits per heavy atom. The standard InChI is InChI=1S/C12H9Br2ClS/c13-9-7-11(16-12(9)14)10(15)6-8-4-2-1-3-5-8/h1-5,7,10H,6H2. The summed E-state index contributed by atoms with van der Waals surface area (Å²) in [6.07, 6.45) is 0.863. The highest BCUT2D eigenvalue weighted by Gasteiger charge is 2.13. The van der Waals surface area contributed by atoms with E-state index in [1.807, 2.05) is 18.2 Å². The fourth-order valence-electron chi connectivity index (χ4n) is 1.44. The van der Waals surface area contributed by atoms with E-state index in [0.717, 1.165) is 14.7 Å². The van der Waals surface area contributed by atoms with Gasteiger partial charge >= 0.3 is 0 Å². The third-order valence-electron chi connectivity index (χ3n) is 2.23. The number of rotatable bonds is 3. The van der Waals surface area contributed by atoms with E-state index in [4.69, 9.17) is 11.6 Å². The molecule has 0 saturated heterocycles. The fraction of sp³-hybridized carbons (Fsp3) is 0.167. The number of hydrogen-bond donors (Lipinski definition) is 0. The van der Waals surface area contributed by atoms with Crippen molar-refractivity contribution >= 4 is 54.8 Å². The lowest BCUT2D eigenvalue weighted by Gasteiger charge is -2.06. The van der Waals surface area contributed by atoms with E-state index < -0.39 is 0 Å². The molecule has 84 valence electrons. The summed E-state index contributed by atoms with van der Waals surface area (Å²) in [5, 5.41) is 0.0370. The van der Waals surface area contributed by atoms with Crippen molar-refractivity contribution in [1.82, 2.24) is 0 Å². The van der Waals surface area contributed by atoms with Gasteiger partial charge in [0, 0.05) is 9.35 Å². The molecule has 0 aliphatic carbocycles. The largest absolute Gasteiger partial charge is 0.130 e. The van der Waals surface area contributed by atoms with Crippen LogP contribution < -0.4 is 0 Å². The molecular formula is C12H9Br2ClS. The van der Waals surface area contributed by atoms with Crippen LogP contribution in [0.5, 0.6) is 0 Å². The highest BCUT2D eigenvalue weighted by molar-refractivity contribution is 9.13. The first-order valence-electron chi connectivity index (χ1n) is 4.79. The van der Waals surface area contributed by atoms with Crippen molar-refractivity contribution in [3.8, 4) is 0 Å². The Bertz CT molecular complexity index is 448. The first kappa shape index (κ1) is 12.6. The van der Waals surface area contributed by atoms with Gasteiger partial charge in [0.15, 0.2) is 0 Å². The Kier molecular flexibility index (Phi) is 4.48. The van der Waals surface area contributed by atoms with Crippen molar-refractivity contribution in [3.63, 3.8) is 0 Å². The lowest BCUT2D eigenvalue weighted by molar-refractivity contribution is 0.939. The van der Waals surface area contributed by atoms with Gasteiger partial charge in [-0.05, 0) is 49.9 Å². The Hall–Kier alpha value is 0.170. The van der Waals surface area contributed by atoms with Gasteiger partial charge in [-0.2, -0.15) is 0 Å². The molecule has 16 heavy (non-hydrogen) atoms. The van der Waals surface area contributed by atoms with Gasteiger partial charge in [0.2, 0.25) is 0 Å². The highest BCUT2D eigenvalue weighted by Crippen LogP contribution is 2.38. The zero-order valence-corrected chi connectivity index (χ0v) is 13.0. The minimum atomic E-state index is 0.0370. The van der Waals surface area contributed by atoms with Gasteiger partial charge in [-0.1, -0.05) is 30.3 Å². The summed E-state index contributed by atoms with van der Waals surface area (Å²) >= 11 is 15.0. The topological polar surface area (TPSA) is 0 Å². The minimum Gasteiger partial charge on any atom is -0.130 e. The fourth-order valence-corrected chi connectivity index (χ4v) is 3.88. The molecule has 1 heterocycles. The Balaban J connectivity index is 2.11. The molecular weight excluding hydrogens is 371 g/mol. The Labute approximate surface area is 121 Å². The van der Waals surface area contributed by atoms with Gasteiger partial charge in [0.25, 0.3) is 0 Å². The molecule has 2 aromatic rings. The second-order valence-corrected chi connectivity index (χ2v) is 7.21. The molecule has 0 fully saturated rings. The van der Waals surface area contributed by atoms with Crippen molar-refractivity contribution in [3.05, 3.63) is 55.1 Å². The Morgan fingerprint density at radius 2 is 1.88 bits per heavy atom. The summed E-state index contributed by atoms with van der Waals surface area (Å²) in [4.78, 5) is 1.18. The van der Waals surface area contributed by atoms with E-state index in [1.165, 1.54) is 10.4 Å². The van der Waals surface area contributed by atoms with Crippen molar-refractivity contribution < 1.29 is 0 Å². The van der Waals surface area contributed by atoms with Gasteiger partial charge in [-0.25, -0.2) is 0 Å². The molecule has 1 atom stereocenters. The van der Waals surface area contributed by atoms with E-state index in [0.29, 0.717) is 0 Å². The van der Waals surface area contributed by atoms with E-state index >= 15 is 0 Å². The average molecular weight is 381 g/mol. The van der Waals surface area contributed by atoms with Gasteiger partial charge in [-0.3, -0.25) is 0 Å². The number of halogens is 3. The van der Waals surface area contributed by atoms with Crippen molar-refractivity contribution in [2.45, 2.75) is 11.8 Å². The molecule has 0 N–H and O–H groups in total. The van der Waals surface area contributed by atoms with Crippen LogP contribution in [0.4, 0.5) is 0 Å². The lowest BCUT2D eigenvalue weighted by atomic mass is 10.1. The van der Waals surface area contributed by atoms with Crippen LogP contribution in [0.1, 0.15) is 15.8 Å². The van der Waals surface area contributed by atoms with Crippen LogP contribution in [0, 0.1) is 0 Å². The summed E-state index contributed by atoms with van der Waals surface area (Å²) in [5.74, 6) is 0. The van der Waals surface area contributed by atoms with Gasteiger partial charge < -0.3 is 0 Å². The summed E-state index contributed by atoms with van der Waals surface area (Å²) in [7, 11) is 0. The maximum Gasteiger partial charge on any atom is 0.0843 e. The summed E-state index contributed by atoms with van der Waals surface area (Å²) in [5.41, 5.74) is 1.27. The smallest absolute Gasteiger partial charge is 0.0843 e. The number of thiophene rings is 1. The molecule has 0 spiro atoms. The lowest BCUT2D eigenvalue weighted by Crippen LogP contribution is -1.92. The predicted molar refractivity (Wildman–Crippen MR) is 78.5 cm³/mol. The highest BCUT2D eigenvalue weighted by atomic mass is 79.9. The molecule has 0 amide bonds. The Morgan fingerprint density at radius 3 is 2.44 bits per heavy atom. The zero-order valence-electron chi connectivity index (χ0n) is 8.29. The molecule has 1 unspecified atom stereocenters. The van der Waals surface area contributed by atoms with E-state index in [1.54, 1.807) is 11.3 Å². The van der Waals surface area contributed by atoms with Crippen molar-refractivity contribution in [2.75, 3.05) is 0 Å². The molecule has 1 aromatic carbocycles. The quantitative estimate of drug-likeness (QED) is 0.591. The van der Waals surface area contributed by atoms with Gasteiger partial charge in [0.05, 0.1) is 9.16 Å². The summed E-state index contributed by atoms with van der Waals surface area (Å²) in [6.45, 7) is 0. The maximum absolute atomic E-state index is 6.39. The van der Waals surface area contributed by atoms with Crippen molar-refractivity contribution in [2.24, 2.45) is 0 Å². The molecule has 4 heteroatoms. The molecule has 0 radical (unpaired) electrons. The first-order valence-corrected chi connectivity index (χ1v) is 7.63. The van der Waals surface area contributed by atoms with Crippen LogP contribution >= 0.6 is 54.8 Å². The molecule has 2 rings (SSSR count). The van der Waals surface area contributed by atoms with Crippen LogP contribution in [-0.2, 0) is 6.42 Å². The third-order valence-corrected chi connectivity index (χ3v) is 6.12. The first-order chi connectivity index (χ1) is 7.66. The van der Waals surface area contributed by atoms with Crippen LogP contribution in [0.25, 0.3) is 0 Å². The minimum absolute atomic E-state index is 0.0370. The molecule has 0 saturated carbocycles. The van der Waals surface area contributed by atoms with Crippen LogP contribution in [-0.4, -0.2) is 0 Å². The second kappa shape index (κ2) is 5.67.